The zero-order chi connectivity index (χ0) is 20.9. The molecule has 0 spiro atoms. The van der Waals surface area contributed by atoms with Crippen LogP contribution in [0.3, 0.4) is 0 Å². The predicted octanol–water partition coefficient (Wildman–Crippen LogP) is 2.95. The van der Waals surface area contributed by atoms with E-state index in [-0.39, 0.29) is 30.5 Å². The van der Waals surface area contributed by atoms with E-state index < -0.39 is 5.60 Å². The highest BCUT2D eigenvalue weighted by atomic mass is 127. The normalized spacial score (nSPS) is 22.2. The molecule has 0 aromatic carbocycles. The molecule has 0 bridgehead atoms. The maximum absolute atomic E-state index is 10.8. The molecule has 1 aliphatic rings. The zero-order valence-electron chi connectivity index (χ0n) is 18.3. The number of aliphatic hydroxyl groups is 1. The number of likely N-dealkylation sites (tertiary alicyclic amines) is 1. The molecule has 7 nitrogen and oxygen atoms in total. The van der Waals surface area contributed by atoms with Gasteiger partial charge in [0.05, 0.1) is 12.7 Å². The molecule has 168 valence electrons. The number of piperidine rings is 1. The van der Waals surface area contributed by atoms with Crippen LogP contribution in [0.5, 0.6) is 0 Å². The third kappa shape index (κ3) is 6.41. The Bertz CT molecular complexity index is 791. The summed E-state index contributed by atoms with van der Waals surface area (Å²) < 4.78 is 1.70. The fourth-order valence-electron chi connectivity index (χ4n) is 3.98. The Morgan fingerprint density at radius 2 is 2.20 bits per heavy atom. The average Bonchev–Trinajstić information content (AvgIpc) is 3.36. The van der Waals surface area contributed by atoms with Crippen LogP contribution in [0.2, 0.25) is 0 Å². The monoisotopic (exact) mass is 546 g/mol. The summed E-state index contributed by atoms with van der Waals surface area (Å²) in [7, 11) is 4.07. The molecular weight excluding hydrogens is 511 g/mol. The van der Waals surface area contributed by atoms with Gasteiger partial charge >= 0.3 is 0 Å². The molecule has 3 rings (SSSR count). The minimum absolute atomic E-state index is 0. The van der Waals surface area contributed by atoms with Gasteiger partial charge in [-0.1, -0.05) is 6.07 Å². The Labute approximate surface area is 201 Å². The molecular formula is C21H35IN6OS. The van der Waals surface area contributed by atoms with Gasteiger partial charge in [-0.3, -0.25) is 9.58 Å². The Morgan fingerprint density at radius 1 is 1.40 bits per heavy atom. The number of rotatable bonds is 7. The summed E-state index contributed by atoms with van der Waals surface area (Å²) in [6.07, 6.45) is 5.94. The molecule has 0 aliphatic carbocycles. The molecule has 1 saturated heterocycles. The number of halogens is 1. The van der Waals surface area contributed by atoms with E-state index in [0.717, 1.165) is 31.2 Å². The highest BCUT2D eigenvalue weighted by Gasteiger charge is 2.31. The highest BCUT2D eigenvalue weighted by Crippen LogP contribution is 2.36. The summed E-state index contributed by atoms with van der Waals surface area (Å²) in [4.78, 5) is 8.56. The number of aromatic nitrogens is 2. The van der Waals surface area contributed by atoms with Crippen molar-refractivity contribution in [2.24, 2.45) is 18.0 Å². The van der Waals surface area contributed by atoms with E-state index in [4.69, 9.17) is 0 Å². The van der Waals surface area contributed by atoms with E-state index >= 15 is 0 Å². The van der Waals surface area contributed by atoms with E-state index in [2.05, 4.69) is 57.1 Å². The Hall–Kier alpha value is -1.17. The third-order valence-electron chi connectivity index (χ3n) is 5.59. The molecule has 9 heteroatoms. The number of guanidine groups is 1. The highest BCUT2D eigenvalue weighted by molar-refractivity contribution is 14.0. The first kappa shape index (κ1) is 25.1. The summed E-state index contributed by atoms with van der Waals surface area (Å²) in [6.45, 7) is 6.88. The quantitative estimate of drug-likeness (QED) is 0.283. The van der Waals surface area contributed by atoms with Crippen molar-refractivity contribution < 1.29 is 5.11 Å². The molecule has 0 radical (unpaired) electrons. The minimum Gasteiger partial charge on any atom is -0.383 e. The maximum Gasteiger partial charge on any atom is 0.191 e. The van der Waals surface area contributed by atoms with Gasteiger partial charge in [0.2, 0.25) is 0 Å². The van der Waals surface area contributed by atoms with Gasteiger partial charge in [-0.2, -0.15) is 5.10 Å². The number of hydrogen-bond donors (Lipinski definition) is 3. The van der Waals surface area contributed by atoms with Gasteiger partial charge in [0.15, 0.2) is 5.96 Å². The molecule has 3 unspecified atom stereocenters. The molecule has 30 heavy (non-hydrogen) atoms. The van der Waals surface area contributed by atoms with Gasteiger partial charge in [-0.15, -0.1) is 35.3 Å². The standard InChI is InChI=1S/C21H34N6OS.HI/c1-5-22-20(24-15-21(2,28)17-13-25-27(4)14-17)23-12-16-8-6-10-26(3)19(16)18-9-7-11-29-18;/h7,9,11,13-14,16,19,28H,5-6,8,10,12,15H2,1-4H3,(H2,22,23,24);1H. The second kappa shape index (κ2) is 11.4. The van der Waals surface area contributed by atoms with Crippen LogP contribution in [0.1, 0.15) is 43.2 Å². The molecule has 2 aromatic heterocycles. The Morgan fingerprint density at radius 3 is 2.83 bits per heavy atom. The molecule has 0 saturated carbocycles. The number of aliphatic imine (C=N–C) groups is 1. The summed E-state index contributed by atoms with van der Waals surface area (Å²) in [5.41, 5.74) is -0.285. The summed E-state index contributed by atoms with van der Waals surface area (Å²) in [5.74, 6) is 1.27. The third-order valence-corrected chi connectivity index (χ3v) is 6.53. The first-order valence-electron chi connectivity index (χ1n) is 10.4. The van der Waals surface area contributed by atoms with Gasteiger partial charge in [0.25, 0.3) is 0 Å². The van der Waals surface area contributed by atoms with Crippen LogP contribution in [0, 0.1) is 5.92 Å². The number of nitrogens with zero attached hydrogens (tertiary/aromatic N) is 4. The second-order valence-electron chi connectivity index (χ2n) is 8.10. The lowest BCUT2D eigenvalue weighted by Gasteiger charge is -2.39. The minimum atomic E-state index is -1.05. The van der Waals surface area contributed by atoms with Crippen LogP contribution < -0.4 is 10.6 Å². The van der Waals surface area contributed by atoms with Crippen LogP contribution >= 0.6 is 35.3 Å². The van der Waals surface area contributed by atoms with Crippen molar-refractivity contribution >= 4 is 41.3 Å². The van der Waals surface area contributed by atoms with E-state index in [0.29, 0.717) is 12.0 Å². The van der Waals surface area contributed by atoms with Crippen LogP contribution in [0.15, 0.2) is 34.9 Å². The van der Waals surface area contributed by atoms with Crippen LogP contribution in [0.4, 0.5) is 0 Å². The van der Waals surface area contributed by atoms with Crippen molar-refractivity contribution in [3.05, 3.63) is 40.3 Å². The summed E-state index contributed by atoms with van der Waals surface area (Å²) in [5, 5.41) is 24.0. The summed E-state index contributed by atoms with van der Waals surface area (Å²) in [6, 6.07) is 4.82. The van der Waals surface area contributed by atoms with Crippen LogP contribution in [0.25, 0.3) is 0 Å². The average molecular weight is 547 g/mol. The van der Waals surface area contributed by atoms with Crippen molar-refractivity contribution in [1.82, 2.24) is 25.3 Å². The van der Waals surface area contributed by atoms with Crippen molar-refractivity contribution in [2.45, 2.75) is 38.3 Å². The number of hydrogen-bond acceptors (Lipinski definition) is 5. The molecule has 1 fully saturated rings. The largest absolute Gasteiger partial charge is 0.383 e. The smallest absolute Gasteiger partial charge is 0.191 e. The van der Waals surface area contributed by atoms with Gasteiger partial charge in [0.1, 0.15) is 5.60 Å². The molecule has 3 heterocycles. The molecule has 3 atom stereocenters. The predicted molar refractivity (Wildman–Crippen MR) is 135 cm³/mol. The SMILES string of the molecule is CCNC(=NCC(C)(O)c1cnn(C)c1)NCC1CCCN(C)C1c1cccs1.I. The van der Waals surface area contributed by atoms with Gasteiger partial charge < -0.3 is 15.7 Å². The number of thiophene rings is 1. The van der Waals surface area contributed by atoms with Gasteiger partial charge in [-0.25, -0.2) is 4.99 Å². The van der Waals surface area contributed by atoms with E-state index in [1.165, 1.54) is 17.7 Å². The fourth-order valence-corrected chi connectivity index (χ4v) is 4.96. The number of aryl methyl sites for hydroxylation is 1. The lowest BCUT2D eigenvalue weighted by Crippen LogP contribution is -2.45. The topological polar surface area (TPSA) is 77.7 Å². The van der Waals surface area contributed by atoms with Crippen molar-refractivity contribution in [1.29, 1.82) is 0 Å². The first-order valence-corrected chi connectivity index (χ1v) is 11.3. The first-order chi connectivity index (χ1) is 13.9. The second-order valence-corrected chi connectivity index (χ2v) is 9.08. The van der Waals surface area contributed by atoms with E-state index in [1.54, 1.807) is 17.8 Å². The van der Waals surface area contributed by atoms with Crippen molar-refractivity contribution in [2.75, 3.05) is 33.2 Å². The lowest BCUT2D eigenvalue weighted by molar-refractivity contribution is 0.0671. The molecule has 3 N–H and O–H groups in total. The Balaban J connectivity index is 0.00000320. The fraction of sp³-hybridized carbons (Fsp3) is 0.619. The summed E-state index contributed by atoms with van der Waals surface area (Å²) >= 11 is 1.84. The lowest BCUT2D eigenvalue weighted by atomic mass is 9.88. The Kier molecular flexibility index (Phi) is 9.58. The van der Waals surface area contributed by atoms with Gasteiger partial charge in [-0.05, 0) is 57.6 Å². The van der Waals surface area contributed by atoms with Crippen LogP contribution in [-0.2, 0) is 12.6 Å². The molecule has 1 aliphatic heterocycles. The molecule has 2 aromatic rings. The van der Waals surface area contributed by atoms with Gasteiger partial charge in [0, 0.05) is 42.8 Å². The van der Waals surface area contributed by atoms with E-state index in [9.17, 15) is 5.11 Å². The van der Waals surface area contributed by atoms with E-state index in [1.807, 2.05) is 24.6 Å². The maximum atomic E-state index is 10.8. The van der Waals surface area contributed by atoms with Crippen molar-refractivity contribution in [3.8, 4) is 0 Å². The van der Waals surface area contributed by atoms with Crippen LogP contribution in [-0.4, -0.2) is 59.0 Å². The number of nitrogens with one attached hydrogen (secondary N) is 2. The molecule has 0 amide bonds. The van der Waals surface area contributed by atoms with Crippen molar-refractivity contribution in [3.63, 3.8) is 0 Å². The zero-order valence-corrected chi connectivity index (χ0v) is 21.5.